The van der Waals surface area contributed by atoms with Gasteiger partial charge in [0.25, 0.3) is 0 Å². The van der Waals surface area contributed by atoms with Crippen LogP contribution in [0.3, 0.4) is 0 Å². The van der Waals surface area contributed by atoms with Gasteiger partial charge < -0.3 is 9.47 Å². The minimum atomic E-state index is -2.99. The third-order valence-electron chi connectivity index (χ3n) is 2.81. The predicted molar refractivity (Wildman–Crippen MR) is 79.9 cm³/mol. The fraction of sp³-hybridized carbons (Fsp3) is 0.125. The Bertz CT molecular complexity index is 690. The van der Waals surface area contributed by atoms with E-state index in [1.54, 1.807) is 0 Å². The minimum absolute atomic E-state index is 0.0830. The number of hydrogen-bond acceptors (Lipinski definition) is 4. The highest BCUT2D eigenvalue weighted by molar-refractivity contribution is 5.55. The summed E-state index contributed by atoms with van der Waals surface area (Å²) >= 11 is 0. The van der Waals surface area contributed by atoms with Gasteiger partial charge in [-0.3, -0.25) is 10.1 Å². The van der Waals surface area contributed by atoms with Crippen molar-refractivity contribution in [2.75, 3.05) is 0 Å². The molecule has 0 amide bonds. The maximum atomic E-state index is 12.4. The SMILES string of the molecule is O=[N+]([O-])C=Cc1ccc(OC(F)F)c(OCc2ccccc2)c1. The number of ether oxygens (including phenoxy) is 2. The molecule has 0 saturated carbocycles. The molecule has 2 aromatic rings. The topological polar surface area (TPSA) is 61.6 Å². The van der Waals surface area contributed by atoms with Crippen LogP contribution < -0.4 is 9.47 Å². The van der Waals surface area contributed by atoms with E-state index in [-0.39, 0.29) is 18.1 Å². The van der Waals surface area contributed by atoms with Crippen molar-refractivity contribution in [2.24, 2.45) is 0 Å². The van der Waals surface area contributed by atoms with E-state index in [2.05, 4.69) is 4.74 Å². The molecule has 0 atom stereocenters. The van der Waals surface area contributed by atoms with Gasteiger partial charge in [0.05, 0.1) is 4.92 Å². The smallest absolute Gasteiger partial charge is 0.387 e. The third-order valence-corrected chi connectivity index (χ3v) is 2.81. The molecular weight excluding hydrogens is 308 g/mol. The molecule has 0 spiro atoms. The molecule has 0 N–H and O–H groups in total. The molecule has 0 aliphatic rings. The summed E-state index contributed by atoms with van der Waals surface area (Å²) < 4.78 is 34.8. The first-order chi connectivity index (χ1) is 11.0. The number of alkyl halides is 2. The Kier molecular flexibility index (Phi) is 5.62. The highest BCUT2D eigenvalue weighted by Crippen LogP contribution is 2.31. The Balaban J connectivity index is 2.21. The van der Waals surface area contributed by atoms with Crippen molar-refractivity contribution >= 4 is 6.08 Å². The molecule has 0 unspecified atom stereocenters. The van der Waals surface area contributed by atoms with Crippen molar-refractivity contribution in [1.82, 2.24) is 0 Å². The summed E-state index contributed by atoms with van der Waals surface area (Å²) in [4.78, 5) is 9.73. The average Bonchev–Trinajstić information content (AvgIpc) is 2.53. The first kappa shape index (κ1) is 16.4. The van der Waals surface area contributed by atoms with Gasteiger partial charge in [0.1, 0.15) is 6.61 Å². The van der Waals surface area contributed by atoms with Crippen LogP contribution in [0.1, 0.15) is 11.1 Å². The zero-order valence-electron chi connectivity index (χ0n) is 11.9. The van der Waals surface area contributed by atoms with Crippen LogP contribution in [-0.2, 0) is 6.61 Å². The Morgan fingerprint density at radius 2 is 1.87 bits per heavy atom. The van der Waals surface area contributed by atoms with Crippen LogP contribution in [0.5, 0.6) is 11.5 Å². The van der Waals surface area contributed by atoms with Gasteiger partial charge in [-0.05, 0) is 23.3 Å². The minimum Gasteiger partial charge on any atom is -0.485 e. The van der Waals surface area contributed by atoms with Crippen LogP contribution in [0.2, 0.25) is 0 Å². The molecule has 0 saturated heterocycles. The molecule has 0 bridgehead atoms. The molecule has 0 aliphatic carbocycles. The first-order valence-electron chi connectivity index (χ1n) is 6.62. The lowest BCUT2D eigenvalue weighted by molar-refractivity contribution is -0.400. The van der Waals surface area contributed by atoms with Gasteiger partial charge in [0.2, 0.25) is 6.20 Å². The molecule has 5 nitrogen and oxygen atoms in total. The summed E-state index contributed by atoms with van der Waals surface area (Å²) in [6.45, 7) is -2.84. The van der Waals surface area contributed by atoms with Crippen molar-refractivity contribution in [1.29, 1.82) is 0 Å². The quantitative estimate of drug-likeness (QED) is 0.568. The molecule has 0 aromatic heterocycles. The number of rotatable bonds is 7. The lowest BCUT2D eigenvalue weighted by Crippen LogP contribution is -2.05. The van der Waals surface area contributed by atoms with E-state index in [1.165, 1.54) is 24.3 Å². The van der Waals surface area contributed by atoms with Crippen LogP contribution in [0.4, 0.5) is 8.78 Å². The van der Waals surface area contributed by atoms with Crippen molar-refractivity contribution in [3.63, 3.8) is 0 Å². The fourth-order valence-corrected chi connectivity index (χ4v) is 1.82. The number of nitrogens with zero attached hydrogens (tertiary/aromatic N) is 1. The van der Waals surface area contributed by atoms with Gasteiger partial charge in [-0.1, -0.05) is 36.4 Å². The maximum Gasteiger partial charge on any atom is 0.387 e. The van der Waals surface area contributed by atoms with Crippen LogP contribution >= 0.6 is 0 Å². The van der Waals surface area contributed by atoms with Gasteiger partial charge in [0.15, 0.2) is 11.5 Å². The van der Waals surface area contributed by atoms with E-state index in [1.807, 2.05) is 30.3 Å². The summed E-state index contributed by atoms with van der Waals surface area (Å²) in [5, 5.41) is 10.3. The second-order valence-electron chi connectivity index (χ2n) is 4.46. The lowest BCUT2D eigenvalue weighted by atomic mass is 10.2. The standard InChI is InChI=1S/C16H13F2NO4/c17-16(18)23-14-7-6-12(8-9-19(20)21)10-15(14)22-11-13-4-2-1-3-5-13/h1-10,16H,11H2. The Labute approximate surface area is 130 Å². The van der Waals surface area contributed by atoms with Gasteiger partial charge in [-0.15, -0.1) is 0 Å². The summed E-state index contributed by atoms with van der Waals surface area (Å²) in [5.74, 6) is -0.0474. The van der Waals surface area contributed by atoms with Crippen molar-refractivity contribution in [2.45, 2.75) is 13.2 Å². The molecule has 120 valence electrons. The fourth-order valence-electron chi connectivity index (χ4n) is 1.82. The lowest BCUT2D eigenvalue weighted by Gasteiger charge is -2.13. The summed E-state index contributed by atoms with van der Waals surface area (Å²) in [5.41, 5.74) is 1.29. The molecule has 0 radical (unpaired) electrons. The van der Waals surface area contributed by atoms with Crippen LogP contribution in [-0.4, -0.2) is 11.5 Å². The third kappa shape index (κ3) is 5.39. The van der Waals surface area contributed by atoms with Gasteiger partial charge in [0, 0.05) is 6.08 Å². The predicted octanol–water partition coefficient (Wildman–Crippen LogP) is 4.11. The van der Waals surface area contributed by atoms with Crippen LogP contribution in [0.15, 0.2) is 54.7 Å². The van der Waals surface area contributed by atoms with Crippen molar-refractivity contribution < 1.29 is 23.2 Å². The zero-order chi connectivity index (χ0) is 16.7. The number of nitro groups is 1. The zero-order valence-corrected chi connectivity index (χ0v) is 11.9. The molecule has 23 heavy (non-hydrogen) atoms. The first-order valence-corrected chi connectivity index (χ1v) is 6.62. The average molecular weight is 321 g/mol. The second-order valence-corrected chi connectivity index (χ2v) is 4.46. The summed E-state index contributed by atoms with van der Waals surface area (Å²) in [7, 11) is 0. The van der Waals surface area contributed by atoms with E-state index in [0.717, 1.165) is 11.8 Å². The molecule has 2 rings (SSSR count). The Morgan fingerprint density at radius 1 is 1.13 bits per heavy atom. The largest absolute Gasteiger partial charge is 0.485 e. The van der Waals surface area contributed by atoms with E-state index in [0.29, 0.717) is 5.56 Å². The maximum absolute atomic E-state index is 12.4. The van der Waals surface area contributed by atoms with E-state index in [4.69, 9.17) is 4.74 Å². The Morgan fingerprint density at radius 3 is 2.52 bits per heavy atom. The Hall–Kier alpha value is -2.96. The monoisotopic (exact) mass is 321 g/mol. The van der Waals surface area contributed by atoms with E-state index < -0.39 is 11.5 Å². The van der Waals surface area contributed by atoms with Gasteiger partial charge >= 0.3 is 6.61 Å². The van der Waals surface area contributed by atoms with E-state index >= 15 is 0 Å². The van der Waals surface area contributed by atoms with Gasteiger partial charge in [-0.25, -0.2) is 0 Å². The van der Waals surface area contributed by atoms with Gasteiger partial charge in [-0.2, -0.15) is 8.78 Å². The molecule has 7 heteroatoms. The molecule has 0 heterocycles. The van der Waals surface area contributed by atoms with E-state index in [9.17, 15) is 18.9 Å². The molecule has 2 aromatic carbocycles. The molecule has 0 fully saturated rings. The number of benzene rings is 2. The van der Waals surface area contributed by atoms with Crippen molar-refractivity contribution in [3.8, 4) is 11.5 Å². The van der Waals surface area contributed by atoms with Crippen LogP contribution in [0, 0.1) is 10.1 Å². The van der Waals surface area contributed by atoms with Crippen LogP contribution in [0.25, 0.3) is 6.08 Å². The summed E-state index contributed by atoms with van der Waals surface area (Å²) in [6, 6.07) is 13.3. The normalized spacial score (nSPS) is 10.9. The second kappa shape index (κ2) is 7.88. The van der Waals surface area contributed by atoms with Crippen molar-refractivity contribution in [3.05, 3.63) is 76.0 Å². The highest BCUT2D eigenvalue weighted by atomic mass is 19.3. The highest BCUT2D eigenvalue weighted by Gasteiger charge is 2.12. The molecule has 0 aliphatic heterocycles. The number of hydrogen-bond donors (Lipinski definition) is 0. The molecular formula is C16H13F2NO4. The number of halogens is 2. The summed E-state index contributed by atoms with van der Waals surface area (Å²) in [6.07, 6.45) is 1.99.